The van der Waals surface area contributed by atoms with Crippen molar-refractivity contribution in [1.82, 2.24) is 9.88 Å². The number of carbonyl (C=O) groups excluding carboxylic acids is 2. The van der Waals surface area contributed by atoms with Crippen molar-refractivity contribution >= 4 is 34.1 Å². The largest absolute Gasteiger partial charge is 0.494 e. The van der Waals surface area contributed by atoms with E-state index in [1.54, 1.807) is 18.2 Å². The normalized spacial score (nSPS) is 11.8. The number of aromatic nitrogens is 1. The lowest BCUT2D eigenvalue weighted by Gasteiger charge is -2.10. The van der Waals surface area contributed by atoms with Gasteiger partial charge in [0.05, 0.1) is 29.6 Å². The van der Waals surface area contributed by atoms with Gasteiger partial charge in [0.15, 0.2) is 11.7 Å². The number of hydrogen-bond acceptors (Lipinski definition) is 6. The van der Waals surface area contributed by atoms with Crippen LogP contribution in [-0.2, 0) is 4.74 Å². The maximum Gasteiger partial charge on any atom is 0.338 e. The van der Waals surface area contributed by atoms with Gasteiger partial charge in [-0.15, -0.1) is 0 Å². The number of nitrogens with zero attached hydrogens (tertiary/aromatic N) is 2. The van der Waals surface area contributed by atoms with Gasteiger partial charge in [-0.05, 0) is 75.9 Å². The van der Waals surface area contributed by atoms with E-state index in [1.807, 2.05) is 69.6 Å². The molecule has 37 heavy (non-hydrogen) atoms. The number of Topliss-reactive ketones (excluding diaryl/α,β-unsaturated/α-hetero) is 1. The second-order valence-electron chi connectivity index (χ2n) is 9.26. The SMILES string of the molecule is COC(=O)c1cc2[nH]c(O)c(C(=Nc3ccc(C(=O)CCCN(C)C)cc3)c3ccccc3)c2cc1C. The molecule has 0 saturated carbocycles. The minimum atomic E-state index is -0.441. The van der Waals surface area contributed by atoms with Crippen molar-refractivity contribution < 1.29 is 19.4 Å². The second kappa shape index (κ2) is 11.2. The van der Waals surface area contributed by atoms with E-state index >= 15 is 0 Å². The van der Waals surface area contributed by atoms with Crippen molar-refractivity contribution in [2.24, 2.45) is 4.99 Å². The maximum absolute atomic E-state index is 12.6. The lowest BCUT2D eigenvalue weighted by Crippen LogP contribution is -2.14. The molecule has 190 valence electrons. The molecular formula is C30H31N3O4. The van der Waals surface area contributed by atoms with E-state index < -0.39 is 5.97 Å². The number of ether oxygens (including phenoxy) is 1. The summed E-state index contributed by atoms with van der Waals surface area (Å²) in [5, 5.41) is 11.7. The number of fused-ring (bicyclic) bond motifs is 1. The zero-order chi connectivity index (χ0) is 26.5. The Morgan fingerprint density at radius 3 is 2.35 bits per heavy atom. The predicted octanol–water partition coefficient (Wildman–Crippen LogP) is 5.66. The Morgan fingerprint density at radius 2 is 1.70 bits per heavy atom. The highest BCUT2D eigenvalue weighted by molar-refractivity contribution is 6.22. The molecule has 0 aliphatic rings. The zero-order valence-corrected chi connectivity index (χ0v) is 21.5. The van der Waals surface area contributed by atoms with E-state index in [4.69, 9.17) is 9.73 Å². The summed E-state index contributed by atoms with van der Waals surface area (Å²) in [6.45, 7) is 2.69. The molecule has 0 aliphatic carbocycles. The molecule has 0 bridgehead atoms. The number of aryl methyl sites for hydroxylation is 1. The van der Waals surface area contributed by atoms with Gasteiger partial charge in [0.2, 0.25) is 0 Å². The second-order valence-corrected chi connectivity index (χ2v) is 9.26. The number of nitrogens with one attached hydrogen (secondary N) is 1. The van der Waals surface area contributed by atoms with Crippen molar-refractivity contribution in [3.63, 3.8) is 0 Å². The molecule has 7 heteroatoms. The van der Waals surface area contributed by atoms with Gasteiger partial charge in [-0.3, -0.25) is 4.79 Å². The van der Waals surface area contributed by atoms with Gasteiger partial charge < -0.3 is 19.7 Å². The Labute approximate surface area is 216 Å². The molecule has 0 atom stereocenters. The first-order chi connectivity index (χ1) is 17.8. The molecular weight excluding hydrogens is 466 g/mol. The third kappa shape index (κ3) is 5.78. The number of ketones is 1. The third-order valence-corrected chi connectivity index (χ3v) is 6.25. The predicted molar refractivity (Wildman–Crippen MR) is 146 cm³/mol. The fourth-order valence-corrected chi connectivity index (χ4v) is 4.32. The smallest absolute Gasteiger partial charge is 0.338 e. The van der Waals surface area contributed by atoms with Gasteiger partial charge >= 0.3 is 5.97 Å². The molecule has 4 aromatic rings. The molecule has 1 heterocycles. The zero-order valence-electron chi connectivity index (χ0n) is 21.5. The van der Waals surface area contributed by atoms with Gasteiger partial charge in [0.1, 0.15) is 0 Å². The minimum Gasteiger partial charge on any atom is -0.494 e. The first-order valence-electron chi connectivity index (χ1n) is 12.1. The average molecular weight is 498 g/mol. The van der Waals surface area contributed by atoms with E-state index in [9.17, 15) is 14.7 Å². The highest BCUT2D eigenvalue weighted by atomic mass is 16.5. The van der Waals surface area contributed by atoms with Crippen LogP contribution in [0.1, 0.15) is 50.2 Å². The van der Waals surface area contributed by atoms with Crippen LogP contribution in [0, 0.1) is 6.92 Å². The summed E-state index contributed by atoms with van der Waals surface area (Å²) in [6, 6.07) is 20.3. The molecule has 0 spiro atoms. The Morgan fingerprint density at radius 1 is 1.00 bits per heavy atom. The number of aromatic hydroxyl groups is 1. The summed E-state index contributed by atoms with van der Waals surface area (Å²) in [4.78, 5) is 34.7. The highest BCUT2D eigenvalue weighted by Crippen LogP contribution is 2.33. The number of aromatic amines is 1. The van der Waals surface area contributed by atoms with Crippen LogP contribution >= 0.6 is 0 Å². The lowest BCUT2D eigenvalue weighted by molar-refractivity contribution is 0.0600. The fourth-order valence-electron chi connectivity index (χ4n) is 4.32. The Kier molecular flexibility index (Phi) is 7.84. The number of carbonyl (C=O) groups is 2. The van der Waals surface area contributed by atoms with Crippen LogP contribution in [0.25, 0.3) is 10.9 Å². The van der Waals surface area contributed by atoms with Crippen LogP contribution in [0.3, 0.4) is 0 Å². The number of hydrogen-bond donors (Lipinski definition) is 2. The van der Waals surface area contributed by atoms with Crippen molar-refractivity contribution in [3.05, 3.63) is 94.5 Å². The van der Waals surface area contributed by atoms with E-state index in [0.29, 0.717) is 40.0 Å². The number of aliphatic imine (C=N–C) groups is 1. The van der Waals surface area contributed by atoms with Crippen molar-refractivity contribution in [1.29, 1.82) is 0 Å². The van der Waals surface area contributed by atoms with Gasteiger partial charge in [0.25, 0.3) is 0 Å². The van der Waals surface area contributed by atoms with Crippen LogP contribution in [0.4, 0.5) is 5.69 Å². The van der Waals surface area contributed by atoms with Crippen molar-refractivity contribution in [2.45, 2.75) is 19.8 Å². The molecule has 0 saturated heterocycles. The fraction of sp³-hybridized carbons (Fsp3) is 0.233. The van der Waals surface area contributed by atoms with E-state index in [0.717, 1.165) is 29.5 Å². The summed E-state index contributed by atoms with van der Waals surface area (Å²) in [7, 11) is 5.32. The summed E-state index contributed by atoms with van der Waals surface area (Å²) in [6.07, 6.45) is 1.30. The van der Waals surface area contributed by atoms with Gasteiger partial charge in [-0.25, -0.2) is 9.79 Å². The number of H-pyrrole nitrogens is 1. The van der Waals surface area contributed by atoms with Crippen LogP contribution < -0.4 is 0 Å². The quantitative estimate of drug-likeness (QED) is 0.177. The summed E-state index contributed by atoms with van der Waals surface area (Å²) in [5.41, 5.74) is 4.97. The molecule has 2 N–H and O–H groups in total. The van der Waals surface area contributed by atoms with E-state index in [-0.39, 0.29) is 11.7 Å². The Hall–Kier alpha value is -4.23. The molecule has 0 radical (unpaired) electrons. The topological polar surface area (TPSA) is 95.0 Å². The van der Waals surface area contributed by atoms with Crippen LogP contribution in [0.2, 0.25) is 0 Å². The van der Waals surface area contributed by atoms with Crippen molar-refractivity contribution in [2.75, 3.05) is 27.7 Å². The average Bonchev–Trinajstić information content (AvgIpc) is 3.21. The number of methoxy groups -OCH3 is 1. The van der Waals surface area contributed by atoms with Crippen LogP contribution in [0.5, 0.6) is 5.88 Å². The van der Waals surface area contributed by atoms with E-state index in [1.165, 1.54) is 7.11 Å². The maximum atomic E-state index is 12.6. The van der Waals surface area contributed by atoms with Crippen molar-refractivity contribution in [3.8, 4) is 5.88 Å². The van der Waals surface area contributed by atoms with E-state index in [2.05, 4.69) is 9.88 Å². The molecule has 0 amide bonds. The number of esters is 1. The standard InChI is InChI=1S/C30H31N3O4/c1-19-17-24-25(18-23(19)30(36)37-4)32-29(35)27(24)28(21-9-6-5-7-10-21)31-22-14-12-20(13-15-22)26(34)11-8-16-33(2)3/h5-7,9-10,12-15,17-18,32,35H,8,11,16H2,1-4H3. The van der Waals surface area contributed by atoms with Gasteiger partial charge in [-0.2, -0.15) is 0 Å². The Balaban J connectivity index is 1.76. The minimum absolute atomic E-state index is 0.0493. The molecule has 7 nitrogen and oxygen atoms in total. The van der Waals surface area contributed by atoms with Gasteiger partial charge in [-0.1, -0.05) is 30.3 Å². The summed E-state index contributed by atoms with van der Waals surface area (Å²) in [5.74, 6) is -0.387. The van der Waals surface area contributed by atoms with Crippen LogP contribution in [0.15, 0.2) is 71.7 Å². The monoisotopic (exact) mass is 497 g/mol. The first kappa shape index (κ1) is 25.9. The summed E-state index contributed by atoms with van der Waals surface area (Å²) < 4.78 is 4.89. The lowest BCUT2D eigenvalue weighted by atomic mass is 9.98. The first-order valence-corrected chi connectivity index (χ1v) is 12.1. The molecule has 0 fully saturated rings. The number of benzene rings is 3. The summed E-state index contributed by atoms with van der Waals surface area (Å²) >= 11 is 0. The molecule has 0 aliphatic heterocycles. The molecule has 3 aromatic carbocycles. The van der Waals surface area contributed by atoms with Gasteiger partial charge in [0, 0.05) is 28.5 Å². The molecule has 0 unspecified atom stereocenters. The Bertz CT molecular complexity index is 1450. The van der Waals surface area contributed by atoms with Crippen LogP contribution in [-0.4, -0.2) is 60.2 Å². The highest BCUT2D eigenvalue weighted by Gasteiger charge is 2.21. The third-order valence-electron chi connectivity index (χ3n) is 6.25. The number of rotatable bonds is 9. The molecule has 1 aromatic heterocycles. The molecule has 4 rings (SSSR count).